The standard InChI is InChI=1S/C17H25NO2/c1-13-5-3-7-15(11-13)18-17(19)10-9-14-6-4-8-16(12-14)20-2/h4,6,8,12-13,15H,3,5,7,9-11H2,1-2H3,(H,18,19). The van der Waals surface area contributed by atoms with E-state index < -0.39 is 0 Å². The summed E-state index contributed by atoms with van der Waals surface area (Å²) >= 11 is 0. The van der Waals surface area contributed by atoms with Gasteiger partial charge in [0.2, 0.25) is 5.91 Å². The summed E-state index contributed by atoms with van der Waals surface area (Å²) in [4.78, 5) is 12.0. The lowest BCUT2D eigenvalue weighted by molar-refractivity contribution is -0.122. The van der Waals surface area contributed by atoms with Crippen molar-refractivity contribution in [1.29, 1.82) is 0 Å². The first-order valence-electron chi connectivity index (χ1n) is 7.59. The number of carbonyl (C=O) groups excluding carboxylic acids is 1. The molecule has 0 aromatic heterocycles. The van der Waals surface area contributed by atoms with Crippen molar-refractivity contribution >= 4 is 5.91 Å². The van der Waals surface area contributed by atoms with Crippen molar-refractivity contribution in [2.24, 2.45) is 5.92 Å². The summed E-state index contributed by atoms with van der Waals surface area (Å²) < 4.78 is 5.19. The molecule has 0 radical (unpaired) electrons. The second-order valence-electron chi connectivity index (χ2n) is 5.89. The number of hydrogen-bond acceptors (Lipinski definition) is 2. The van der Waals surface area contributed by atoms with Crippen molar-refractivity contribution in [2.45, 2.75) is 51.5 Å². The molecule has 0 spiro atoms. The second kappa shape index (κ2) is 7.32. The third kappa shape index (κ3) is 4.55. The van der Waals surface area contributed by atoms with Crippen LogP contribution in [0.15, 0.2) is 24.3 Å². The molecule has 1 amide bonds. The van der Waals surface area contributed by atoms with Crippen LogP contribution in [-0.2, 0) is 11.2 Å². The maximum Gasteiger partial charge on any atom is 0.220 e. The van der Waals surface area contributed by atoms with Crippen LogP contribution in [0, 0.1) is 5.92 Å². The first-order valence-corrected chi connectivity index (χ1v) is 7.59. The van der Waals surface area contributed by atoms with Gasteiger partial charge in [0.05, 0.1) is 7.11 Å². The maximum atomic E-state index is 12.0. The van der Waals surface area contributed by atoms with E-state index >= 15 is 0 Å². The van der Waals surface area contributed by atoms with E-state index in [-0.39, 0.29) is 5.91 Å². The predicted molar refractivity (Wildman–Crippen MR) is 80.9 cm³/mol. The van der Waals surface area contributed by atoms with Crippen LogP contribution < -0.4 is 10.1 Å². The van der Waals surface area contributed by atoms with Crippen molar-refractivity contribution in [2.75, 3.05) is 7.11 Å². The fraction of sp³-hybridized carbons (Fsp3) is 0.588. The quantitative estimate of drug-likeness (QED) is 0.895. The highest BCUT2D eigenvalue weighted by molar-refractivity contribution is 5.76. The number of hydrogen-bond donors (Lipinski definition) is 1. The van der Waals surface area contributed by atoms with Crippen LogP contribution in [-0.4, -0.2) is 19.1 Å². The molecule has 1 N–H and O–H groups in total. The average Bonchev–Trinajstić information content (AvgIpc) is 2.45. The number of benzene rings is 1. The van der Waals surface area contributed by atoms with Crippen LogP contribution in [0.5, 0.6) is 5.75 Å². The van der Waals surface area contributed by atoms with Gasteiger partial charge in [-0.15, -0.1) is 0 Å². The number of nitrogens with one attached hydrogen (secondary N) is 1. The highest BCUT2D eigenvalue weighted by atomic mass is 16.5. The molecule has 1 aliphatic carbocycles. The summed E-state index contributed by atoms with van der Waals surface area (Å²) in [6.45, 7) is 2.27. The Kier molecular flexibility index (Phi) is 5.45. The van der Waals surface area contributed by atoms with Gasteiger partial charge < -0.3 is 10.1 Å². The Morgan fingerprint density at radius 1 is 1.40 bits per heavy atom. The number of carbonyl (C=O) groups is 1. The summed E-state index contributed by atoms with van der Waals surface area (Å²) in [6.07, 6.45) is 6.13. The highest BCUT2D eigenvalue weighted by Crippen LogP contribution is 2.23. The van der Waals surface area contributed by atoms with Crippen molar-refractivity contribution < 1.29 is 9.53 Å². The minimum Gasteiger partial charge on any atom is -0.497 e. The molecule has 1 fully saturated rings. The van der Waals surface area contributed by atoms with Crippen molar-refractivity contribution in [3.8, 4) is 5.75 Å². The van der Waals surface area contributed by atoms with Gasteiger partial charge in [-0.1, -0.05) is 31.9 Å². The van der Waals surface area contributed by atoms with Gasteiger partial charge in [0.1, 0.15) is 5.75 Å². The second-order valence-corrected chi connectivity index (χ2v) is 5.89. The normalized spacial score (nSPS) is 22.3. The minimum absolute atomic E-state index is 0.173. The van der Waals surface area contributed by atoms with E-state index in [4.69, 9.17) is 4.74 Å². The lowest BCUT2D eigenvalue weighted by Gasteiger charge is -2.27. The monoisotopic (exact) mass is 275 g/mol. The molecule has 2 rings (SSSR count). The molecule has 1 saturated carbocycles. The van der Waals surface area contributed by atoms with Gasteiger partial charge in [0.15, 0.2) is 0 Å². The first kappa shape index (κ1) is 14.9. The average molecular weight is 275 g/mol. The third-order valence-corrected chi connectivity index (χ3v) is 4.08. The Balaban J connectivity index is 1.76. The van der Waals surface area contributed by atoms with Gasteiger partial charge >= 0.3 is 0 Å². The Morgan fingerprint density at radius 2 is 2.25 bits per heavy atom. The summed E-state index contributed by atoms with van der Waals surface area (Å²) in [6, 6.07) is 8.31. The summed E-state index contributed by atoms with van der Waals surface area (Å²) in [7, 11) is 1.66. The van der Waals surface area contributed by atoms with Crippen LogP contribution in [0.25, 0.3) is 0 Å². The van der Waals surface area contributed by atoms with E-state index in [9.17, 15) is 4.79 Å². The topological polar surface area (TPSA) is 38.3 Å². The maximum absolute atomic E-state index is 12.0. The molecule has 0 aliphatic heterocycles. The van der Waals surface area contributed by atoms with Gasteiger partial charge in [-0.2, -0.15) is 0 Å². The molecule has 1 aliphatic rings. The molecular formula is C17H25NO2. The van der Waals surface area contributed by atoms with Crippen molar-refractivity contribution in [3.05, 3.63) is 29.8 Å². The Bertz CT molecular complexity index is 444. The SMILES string of the molecule is COc1cccc(CCC(=O)NC2CCCC(C)C2)c1. The first-order chi connectivity index (χ1) is 9.67. The molecule has 1 aromatic rings. The van der Waals surface area contributed by atoms with Gasteiger partial charge in [-0.25, -0.2) is 0 Å². The molecular weight excluding hydrogens is 250 g/mol. The number of rotatable bonds is 5. The Hall–Kier alpha value is -1.51. The zero-order valence-electron chi connectivity index (χ0n) is 12.5. The third-order valence-electron chi connectivity index (χ3n) is 4.08. The van der Waals surface area contributed by atoms with E-state index in [1.165, 1.54) is 12.8 Å². The molecule has 2 unspecified atom stereocenters. The minimum atomic E-state index is 0.173. The largest absolute Gasteiger partial charge is 0.497 e. The highest BCUT2D eigenvalue weighted by Gasteiger charge is 2.20. The van der Waals surface area contributed by atoms with Crippen LogP contribution >= 0.6 is 0 Å². The van der Waals surface area contributed by atoms with Gasteiger partial charge in [-0.05, 0) is 42.9 Å². The number of methoxy groups -OCH3 is 1. The smallest absolute Gasteiger partial charge is 0.220 e. The van der Waals surface area contributed by atoms with Crippen molar-refractivity contribution in [3.63, 3.8) is 0 Å². The van der Waals surface area contributed by atoms with E-state index in [2.05, 4.69) is 12.2 Å². The number of amides is 1. The lowest BCUT2D eigenvalue weighted by Crippen LogP contribution is -2.38. The fourth-order valence-electron chi connectivity index (χ4n) is 2.95. The van der Waals surface area contributed by atoms with Crippen LogP contribution in [0.2, 0.25) is 0 Å². The van der Waals surface area contributed by atoms with Gasteiger partial charge in [-0.3, -0.25) is 4.79 Å². The van der Waals surface area contributed by atoms with Gasteiger partial charge in [0, 0.05) is 12.5 Å². The molecule has 1 aromatic carbocycles. The van der Waals surface area contributed by atoms with E-state index in [0.29, 0.717) is 12.5 Å². The molecule has 0 heterocycles. The van der Waals surface area contributed by atoms with Crippen molar-refractivity contribution in [1.82, 2.24) is 5.32 Å². The van der Waals surface area contributed by atoms with Crippen LogP contribution in [0.1, 0.15) is 44.6 Å². The predicted octanol–water partition coefficient (Wildman–Crippen LogP) is 3.32. The summed E-state index contributed by atoms with van der Waals surface area (Å²) in [5.41, 5.74) is 1.15. The zero-order chi connectivity index (χ0) is 14.4. The Morgan fingerprint density at radius 3 is 3.00 bits per heavy atom. The molecule has 3 nitrogen and oxygen atoms in total. The number of aryl methyl sites for hydroxylation is 1. The summed E-state index contributed by atoms with van der Waals surface area (Å²) in [5.74, 6) is 1.77. The molecule has 3 heteroatoms. The van der Waals surface area contributed by atoms with E-state index in [1.54, 1.807) is 7.11 Å². The van der Waals surface area contributed by atoms with E-state index in [0.717, 1.165) is 36.5 Å². The molecule has 20 heavy (non-hydrogen) atoms. The van der Waals surface area contributed by atoms with E-state index in [1.807, 2.05) is 24.3 Å². The molecule has 0 bridgehead atoms. The molecule has 110 valence electrons. The molecule has 0 saturated heterocycles. The van der Waals surface area contributed by atoms with Crippen LogP contribution in [0.3, 0.4) is 0 Å². The molecule has 2 atom stereocenters. The fourth-order valence-corrected chi connectivity index (χ4v) is 2.95. The Labute approximate surface area is 121 Å². The number of ether oxygens (including phenoxy) is 1. The lowest BCUT2D eigenvalue weighted by atomic mass is 9.87. The van der Waals surface area contributed by atoms with Gasteiger partial charge in [0.25, 0.3) is 0 Å². The summed E-state index contributed by atoms with van der Waals surface area (Å²) in [5, 5.41) is 3.18. The van der Waals surface area contributed by atoms with Crippen LogP contribution in [0.4, 0.5) is 0 Å². The zero-order valence-corrected chi connectivity index (χ0v) is 12.5.